The molecule has 0 saturated carbocycles. The van der Waals surface area contributed by atoms with Crippen LogP contribution in [0, 0.1) is 0 Å². The second kappa shape index (κ2) is 7.19. The number of carbonyl (C=O) groups excluding carboxylic acids is 1. The summed E-state index contributed by atoms with van der Waals surface area (Å²) in [6.45, 7) is 5.51. The monoisotopic (exact) mass is 312 g/mol. The maximum Gasteiger partial charge on any atom is 0.278 e. The van der Waals surface area contributed by atoms with Crippen LogP contribution in [0.15, 0.2) is 42.5 Å². The molecule has 120 valence electrons. The summed E-state index contributed by atoms with van der Waals surface area (Å²) in [6.07, 6.45) is 0. The van der Waals surface area contributed by atoms with E-state index in [0.717, 1.165) is 24.6 Å². The minimum Gasteiger partial charge on any atom is -0.378 e. The molecule has 0 aliphatic carbocycles. The van der Waals surface area contributed by atoms with Crippen LogP contribution < -0.4 is 9.80 Å². The van der Waals surface area contributed by atoms with Gasteiger partial charge in [0.05, 0.1) is 13.2 Å². The zero-order chi connectivity index (χ0) is 16.1. The smallest absolute Gasteiger partial charge is 0.278 e. The SMILES string of the molecule is CCN(C(=O)c1ccc(N2CCOCC2)nn1)c1ccccc1. The number of para-hydroxylation sites is 1. The summed E-state index contributed by atoms with van der Waals surface area (Å²) in [4.78, 5) is 16.5. The molecule has 2 aromatic rings. The van der Waals surface area contributed by atoms with Gasteiger partial charge in [0.1, 0.15) is 0 Å². The summed E-state index contributed by atoms with van der Waals surface area (Å²) in [5.74, 6) is 0.646. The van der Waals surface area contributed by atoms with Crippen molar-refractivity contribution in [2.75, 3.05) is 42.6 Å². The van der Waals surface area contributed by atoms with E-state index in [9.17, 15) is 4.79 Å². The van der Waals surface area contributed by atoms with Crippen LogP contribution in [0.4, 0.5) is 11.5 Å². The van der Waals surface area contributed by atoms with Crippen molar-refractivity contribution in [3.05, 3.63) is 48.2 Å². The normalized spacial score (nSPS) is 14.6. The third-order valence-corrected chi connectivity index (χ3v) is 3.83. The second-order valence-corrected chi connectivity index (χ2v) is 5.26. The summed E-state index contributed by atoms with van der Waals surface area (Å²) in [5, 5.41) is 8.33. The van der Waals surface area contributed by atoms with Gasteiger partial charge in [-0.1, -0.05) is 18.2 Å². The Kier molecular flexibility index (Phi) is 4.83. The van der Waals surface area contributed by atoms with Gasteiger partial charge < -0.3 is 14.5 Å². The fraction of sp³-hybridized carbons (Fsp3) is 0.353. The second-order valence-electron chi connectivity index (χ2n) is 5.26. The van der Waals surface area contributed by atoms with Crippen molar-refractivity contribution < 1.29 is 9.53 Å². The number of hydrogen-bond donors (Lipinski definition) is 0. The molecule has 1 fully saturated rings. The van der Waals surface area contributed by atoms with Crippen molar-refractivity contribution >= 4 is 17.4 Å². The van der Waals surface area contributed by atoms with Gasteiger partial charge in [-0.05, 0) is 31.2 Å². The van der Waals surface area contributed by atoms with Crippen LogP contribution in [0.1, 0.15) is 17.4 Å². The first-order chi connectivity index (χ1) is 11.3. The lowest BCUT2D eigenvalue weighted by atomic mass is 10.2. The predicted molar refractivity (Wildman–Crippen MR) is 88.9 cm³/mol. The Labute approximate surface area is 135 Å². The fourth-order valence-electron chi connectivity index (χ4n) is 2.59. The van der Waals surface area contributed by atoms with E-state index in [4.69, 9.17) is 4.74 Å². The number of hydrogen-bond acceptors (Lipinski definition) is 5. The van der Waals surface area contributed by atoms with Gasteiger partial charge in [-0.2, -0.15) is 0 Å². The molecule has 3 rings (SSSR count). The third kappa shape index (κ3) is 3.48. The van der Waals surface area contributed by atoms with E-state index in [1.165, 1.54) is 0 Å². The van der Waals surface area contributed by atoms with Gasteiger partial charge in [-0.15, -0.1) is 10.2 Å². The molecule has 1 aliphatic rings. The molecule has 0 radical (unpaired) electrons. The molecular formula is C17H20N4O2. The molecular weight excluding hydrogens is 292 g/mol. The minimum atomic E-state index is -0.139. The van der Waals surface area contributed by atoms with Crippen molar-refractivity contribution in [3.8, 4) is 0 Å². The highest BCUT2D eigenvalue weighted by molar-refractivity contribution is 6.04. The van der Waals surface area contributed by atoms with Crippen LogP contribution in [-0.4, -0.2) is 49.0 Å². The number of benzene rings is 1. The quantitative estimate of drug-likeness (QED) is 0.864. The summed E-state index contributed by atoms with van der Waals surface area (Å²) < 4.78 is 5.33. The Balaban J connectivity index is 1.76. The van der Waals surface area contributed by atoms with Gasteiger partial charge in [0.15, 0.2) is 11.5 Å². The molecule has 0 spiro atoms. The van der Waals surface area contributed by atoms with Crippen molar-refractivity contribution in [1.29, 1.82) is 0 Å². The minimum absolute atomic E-state index is 0.139. The molecule has 0 N–H and O–H groups in total. The standard InChI is InChI=1S/C17H20N4O2/c1-2-21(14-6-4-3-5-7-14)17(22)15-8-9-16(19-18-15)20-10-12-23-13-11-20/h3-9H,2,10-13H2,1H3. The molecule has 2 heterocycles. The van der Waals surface area contributed by atoms with Crippen molar-refractivity contribution in [2.45, 2.75) is 6.92 Å². The molecule has 0 atom stereocenters. The Morgan fingerprint density at radius 2 is 1.87 bits per heavy atom. The van der Waals surface area contributed by atoms with Gasteiger partial charge in [0, 0.05) is 25.3 Å². The summed E-state index contributed by atoms with van der Waals surface area (Å²) in [6, 6.07) is 13.2. The Bertz CT molecular complexity index is 639. The average Bonchev–Trinajstić information content (AvgIpc) is 2.64. The lowest BCUT2D eigenvalue weighted by molar-refractivity contribution is 0.0982. The number of amides is 1. The largest absolute Gasteiger partial charge is 0.378 e. The summed E-state index contributed by atoms with van der Waals surface area (Å²) in [5.41, 5.74) is 1.21. The predicted octanol–water partition coefficient (Wildman–Crippen LogP) is 1.98. The van der Waals surface area contributed by atoms with Crippen LogP contribution in [0.25, 0.3) is 0 Å². The van der Waals surface area contributed by atoms with E-state index in [1.54, 1.807) is 11.0 Å². The molecule has 6 heteroatoms. The van der Waals surface area contributed by atoms with Crippen molar-refractivity contribution in [2.24, 2.45) is 0 Å². The van der Waals surface area contributed by atoms with Gasteiger partial charge >= 0.3 is 0 Å². The molecule has 0 unspecified atom stereocenters. The summed E-state index contributed by atoms with van der Waals surface area (Å²) >= 11 is 0. The van der Waals surface area contributed by atoms with Gasteiger partial charge in [-0.3, -0.25) is 4.79 Å². The molecule has 1 aromatic heterocycles. The number of morpholine rings is 1. The Morgan fingerprint density at radius 3 is 2.48 bits per heavy atom. The number of carbonyl (C=O) groups is 1. The molecule has 1 aromatic carbocycles. The number of nitrogens with zero attached hydrogens (tertiary/aromatic N) is 4. The zero-order valence-electron chi connectivity index (χ0n) is 13.2. The van der Waals surface area contributed by atoms with Crippen molar-refractivity contribution in [1.82, 2.24) is 10.2 Å². The zero-order valence-corrected chi connectivity index (χ0v) is 13.2. The first-order valence-electron chi connectivity index (χ1n) is 7.83. The van der Waals surface area contributed by atoms with E-state index < -0.39 is 0 Å². The van der Waals surface area contributed by atoms with E-state index in [-0.39, 0.29) is 5.91 Å². The number of ether oxygens (including phenoxy) is 1. The van der Waals surface area contributed by atoms with E-state index >= 15 is 0 Å². The van der Waals surface area contributed by atoms with Crippen molar-refractivity contribution in [3.63, 3.8) is 0 Å². The maximum absolute atomic E-state index is 12.7. The fourth-order valence-corrected chi connectivity index (χ4v) is 2.59. The van der Waals surface area contributed by atoms with Crippen LogP contribution >= 0.6 is 0 Å². The molecule has 1 saturated heterocycles. The number of aromatic nitrogens is 2. The van der Waals surface area contributed by atoms with E-state index in [1.807, 2.05) is 43.3 Å². The number of anilines is 2. The lowest BCUT2D eigenvalue weighted by Gasteiger charge is -2.27. The first-order valence-corrected chi connectivity index (χ1v) is 7.83. The lowest BCUT2D eigenvalue weighted by Crippen LogP contribution is -2.37. The topological polar surface area (TPSA) is 58.6 Å². The first kappa shape index (κ1) is 15.4. The highest BCUT2D eigenvalue weighted by Crippen LogP contribution is 2.17. The highest BCUT2D eigenvalue weighted by atomic mass is 16.5. The Morgan fingerprint density at radius 1 is 1.13 bits per heavy atom. The van der Waals surface area contributed by atoms with Gasteiger partial charge in [0.25, 0.3) is 5.91 Å². The molecule has 0 bridgehead atoms. The van der Waals surface area contributed by atoms with E-state index in [2.05, 4.69) is 15.1 Å². The molecule has 23 heavy (non-hydrogen) atoms. The van der Waals surface area contributed by atoms with Gasteiger partial charge in [0.2, 0.25) is 0 Å². The van der Waals surface area contributed by atoms with Crippen LogP contribution in [0.3, 0.4) is 0 Å². The maximum atomic E-state index is 12.7. The molecule has 1 amide bonds. The third-order valence-electron chi connectivity index (χ3n) is 3.83. The van der Waals surface area contributed by atoms with E-state index in [0.29, 0.717) is 25.5 Å². The summed E-state index contributed by atoms with van der Waals surface area (Å²) in [7, 11) is 0. The molecule has 1 aliphatic heterocycles. The average molecular weight is 312 g/mol. The highest BCUT2D eigenvalue weighted by Gasteiger charge is 2.19. The van der Waals surface area contributed by atoms with Crippen LogP contribution in [-0.2, 0) is 4.74 Å². The Hall–Kier alpha value is -2.47. The number of rotatable bonds is 4. The van der Waals surface area contributed by atoms with Crippen LogP contribution in [0.5, 0.6) is 0 Å². The van der Waals surface area contributed by atoms with Crippen LogP contribution in [0.2, 0.25) is 0 Å². The van der Waals surface area contributed by atoms with Gasteiger partial charge in [-0.25, -0.2) is 0 Å². The molecule has 6 nitrogen and oxygen atoms in total.